The summed E-state index contributed by atoms with van der Waals surface area (Å²) in [5.41, 5.74) is 2.23. The Morgan fingerprint density at radius 1 is 1.25 bits per heavy atom. The molecule has 0 atom stereocenters. The summed E-state index contributed by atoms with van der Waals surface area (Å²) in [5.74, 6) is 0. The highest BCUT2D eigenvalue weighted by atomic mass is 32.2. The number of hydrogen-bond acceptors (Lipinski definition) is 5. The van der Waals surface area contributed by atoms with E-state index in [0.717, 1.165) is 35.7 Å². The highest BCUT2D eigenvalue weighted by molar-refractivity contribution is 7.88. The van der Waals surface area contributed by atoms with Crippen LogP contribution >= 0.6 is 11.3 Å². The van der Waals surface area contributed by atoms with Gasteiger partial charge in [-0.1, -0.05) is 30.3 Å². The van der Waals surface area contributed by atoms with Crippen LogP contribution in [0.15, 0.2) is 35.7 Å². The quantitative estimate of drug-likeness (QED) is 0.817. The van der Waals surface area contributed by atoms with Crippen LogP contribution in [0.5, 0.6) is 0 Å². The molecule has 7 heteroatoms. The fraction of sp³-hybridized carbons (Fsp3) is 0.471. The number of aromatic nitrogens is 1. The van der Waals surface area contributed by atoms with Gasteiger partial charge in [0.15, 0.2) is 0 Å². The lowest BCUT2D eigenvalue weighted by Gasteiger charge is -2.35. The average Bonchev–Trinajstić information content (AvgIpc) is 3.03. The molecule has 0 bridgehead atoms. The molecule has 0 spiro atoms. The van der Waals surface area contributed by atoms with Crippen LogP contribution in [0.2, 0.25) is 0 Å². The van der Waals surface area contributed by atoms with Crippen LogP contribution in [-0.2, 0) is 16.6 Å². The van der Waals surface area contributed by atoms with Crippen molar-refractivity contribution in [3.05, 3.63) is 41.4 Å². The molecular formula is C17H23N3O2S2. The molecule has 1 aromatic carbocycles. The predicted molar refractivity (Wildman–Crippen MR) is 98.5 cm³/mol. The minimum absolute atomic E-state index is 0.407. The Balaban J connectivity index is 1.58. The maximum atomic E-state index is 11.6. The van der Waals surface area contributed by atoms with Crippen LogP contribution in [0.25, 0.3) is 10.6 Å². The molecule has 1 aliphatic rings. The van der Waals surface area contributed by atoms with E-state index in [2.05, 4.69) is 29.5 Å². The van der Waals surface area contributed by atoms with E-state index in [0.29, 0.717) is 19.1 Å². The number of thiazole rings is 1. The van der Waals surface area contributed by atoms with Crippen LogP contribution in [0.1, 0.15) is 18.5 Å². The zero-order valence-corrected chi connectivity index (χ0v) is 15.7. The van der Waals surface area contributed by atoms with Gasteiger partial charge >= 0.3 is 0 Å². The van der Waals surface area contributed by atoms with Gasteiger partial charge in [0.1, 0.15) is 5.01 Å². The lowest BCUT2D eigenvalue weighted by molar-refractivity contribution is 0.161. The van der Waals surface area contributed by atoms with Crippen LogP contribution < -0.4 is 0 Å². The molecule has 0 saturated carbocycles. The second-order valence-corrected chi connectivity index (χ2v) is 9.16. The molecule has 0 N–H and O–H groups in total. The molecule has 0 aliphatic carbocycles. The van der Waals surface area contributed by atoms with Crippen LogP contribution in [0.4, 0.5) is 0 Å². The van der Waals surface area contributed by atoms with E-state index in [9.17, 15) is 8.42 Å². The maximum Gasteiger partial charge on any atom is 0.211 e. The Morgan fingerprint density at radius 3 is 2.54 bits per heavy atom. The molecule has 1 fully saturated rings. The smallest absolute Gasteiger partial charge is 0.211 e. The van der Waals surface area contributed by atoms with Crippen molar-refractivity contribution in [2.45, 2.75) is 25.4 Å². The first kappa shape index (κ1) is 17.5. The Hall–Kier alpha value is -1.28. The Morgan fingerprint density at radius 2 is 1.92 bits per heavy atom. The summed E-state index contributed by atoms with van der Waals surface area (Å²) in [6.45, 7) is 2.02. The fourth-order valence-electron chi connectivity index (χ4n) is 3.09. The van der Waals surface area contributed by atoms with E-state index >= 15 is 0 Å². The topological polar surface area (TPSA) is 53.5 Å². The zero-order chi connectivity index (χ0) is 17.2. The third kappa shape index (κ3) is 4.22. The van der Waals surface area contributed by atoms with E-state index in [1.807, 2.05) is 18.2 Å². The van der Waals surface area contributed by atoms with Gasteiger partial charge in [0.25, 0.3) is 0 Å². The number of rotatable bonds is 5. The van der Waals surface area contributed by atoms with Gasteiger partial charge in [-0.2, -0.15) is 0 Å². The van der Waals surface area contributed by atoms with Crippen LogP contribution in [0.3, 0.4) is 0 Å². The molecular weight excluding hydrogens is 342 g/mol. The van der Waals surface area contributed by atoms with Gasteiger partial charge in [-0.25, -0.2) is 17.7 Å². The van der Waals surface area contributed by atoms with Crippen molar-refractivity contribution in [1.29, 1.82) is 0 Å². The number of piperidine rings is 1. The second-order valence-electron chi connectivity index (χ2n) is 6.32. The lowest BCUT2D eigenvalue weighted by Crippen LogP contribution is -2.44. The third-order valence-corrected chi connectivity index (χ3v) is 6.74. The molecule has 2 aromatic rings. The molecule has 0 unspecified atom stereocenters. The van der Waals surface area contributed by atoms with Crippen molar-refractivity contribution >= 4 is 21.4 Å². The van der Waals surface area contributed by atoms with Gasteiger partial charge in [0.05, 0.1) is 11.9 Å². The molecule has 1 aromatic heterocycles. The summed E-state index contributed by atoms with van der Waals surface area (Å²) >= 11 is 1.67. The minimum Gasteiger partial charge on any atom is -0.297 e. The van der Waals surface area contributed by atoms with E-state index < -0.39 is 10.0 Å². The van der Waals surface area contributed by atoms with Gasteiger partial charge in [-0.05, 0) is 19.9 Å². The molecule has 24 heavy (non-hydrogen) atoms. The van der Waals surface area contributed by atoms with E-state index in [1.54, 1.807) is 15.6 Å². The van der Waals surface area contributed by atoms with Crippen molar-refractivity contribution in [2.75, 3.05) is 26.4 Å². The lowest BCUT2D eigenvalue weighted by atomic mass is 10.1. The summed E-state index contributed by atoms with van der Waals surface area (Å²) in [6, 6.07) is 10.6. The molecule has 0 radical (unpaired) electrons. The number of nitrogens with zero attached hydrogens (tertiary/aromatic N) is 3. The predicted octanol–water partition coefficient (Wildman–Crippen LogP) is 2.67. The van der Waals surface area contributed by atoms with Crippen molar-refractivity contribution in [2.24, 2.45) is 0 Å². The zero-order valence-electron chi connectivity index (χ0n) is 14.1. The summed E-state index contributed by atoms with van der Waals surface area (Å²) in [4.78, 5) is 7.04. The third-order valence-electron chi connectivity index (χ3n) is 4.50. The highest BCUT2D eigenvalue weighted by Crippen LogP contribution is 2.25. The summed E-state index contributed by atoms with van der Waals surface area (Å²) in [6.07, 6.45) is 3.04. The van der Waals surface area contributed by atoms with E-state index in [4.69, 9.17) is 4.98 Å². The first-order valence-corrected chi connectivity index (χ1v) is 10.8. The molecule has 3 rings (SSSR count). The van der Waals surface area contributed by atoms with Crippen molar-refractivity contribution in [1.82, 2.24) is 14.2 Å². The Bertz CT molecular complexity index is 766. The van der Waals surface area contributed by atoms with E-state index in [-0.39, 0.29) is 0 Å². The highest BCUT2D eigenvalue weighted by Gasteiger charge is 2.27. The summed E-state index contributed by atoms with van der Waals surface area (Å²) in [5, 5.41) is 3.16. The van der Waals surface area contributed by atoms with Crippen molar-refractivity contribution in [3.63, 3.8) is 0 Å². The molecule has 1 saturated heterocycles. The monoisotopic (exact) mass is 365 g/mol. The van der Waals surface area contributed by atoms with Crippen molar-refractivity contribution in [3.8, 4) is 10.6 Å². The largest absolute Gasteiger partial charge is 0.297 e. The SMILES string of the molecule is CN(Cc1csc(-c2ccccc2)n1)C1CCN(S(C)(=O)=O)CC1. The van der Waals surface area contributed by atoms with Gasteiger partial charge in [-0.3, -0.25) is 4.90 Å². The molecule has 0 amide bonds. The fourth-order valence-corrected chi connectivity index (χ4v) is 4.78. The standard InChI is InChI=1S/C17H23N3O2S2/c1-19(16-8-10-20(11-9-16)24(2,21)22)12-15-13-23-17(18-15)14-6-4-3-5-7-14/h3-7,13,16H,8-12H2,1-2H3. The number of benzene rings is 1. The number of hydrogen-bond donors (Lipinski definition) is 0. The number of sulfonamides is 1. The first-order valence-electron chi connectivity index (χ1n) is 8.08. The van der Waals surface area contributed by atoms with E-state index in [1.165, 1.54) is 6.26 Å². The first-order chi connectivity index (χ1) is 11.4. The Kier molecular flexibility index (Phi) is 5.34. The molecule has 1 aliphatic heterocycles. The summed E-state index contributed by atoms with van der Waals surface area (Å²) in [7, 11) is -0.958. The minimum atomic E-state index is -3.06. The van der Waals surface area contributed by atoms with Crippen LogP contribution in [0, 0.1) is 0 Å². The van der Waals surface area contributed by atoms with Crippen LogP contribution in [-0.4, -0.2) is 55.0 Å². The summed E-state index contributed by atoms with van der Waals surface area (Å²) < 4.78 is 24.8. The van der Waals surface area contributed by atoms with Gasteiger partial charge in [0, 0.05) is 36.6 Å². The maximum absolute atomic E-state index is 11.6. The molecule has 5 nitrogen and oxygen atoms in total. The average molecular weight is 366 g/mol. The molecule has 130 valence electrons. The second kappa shape index (κ2) is 7.31. The molecule has 2 heterocycles. The van der Waals surface area contributed by atoms with Gasteiger partial charge in [0.2, 0.25) is 10.0 Å². The van der Waals surface area contributed by atoms with Gasteiger partial charge in [-0.15, -0.1) is 11.3 Å². The van der Waals surface area contributed by atoms with Crippen molar-refractivity contribution < 1.29 is 8.42 Å². The normalized spacial score (nSPS) is 17.5. The Labute approximate surface area is 148 Å². The van der Waals surface area contributed by atoms with Gasteiger partial charge < -0.3 is 0 Å².